The fraction of sp³-hybridized carbons (Fsp3) is 0.417. The van der Waals surface area contributed by atoms with E-state index in [1.54, 1.807) is 30.0 Å². The molecule has 0 atom stereocenters. The fourth-order valence-corrected chi connectivity index (χ4v) is 4.55. The third-order valence-corrected chi connectivity index (χ3v) is 6.57. The predicted molar refractivity (Wildman–Crippen MR) is 76.8 cm³/mol. The highest BCUT2D eigenvalue weighted by Gasteiger charge is 2.25. The molecule has 2 aromatic heterocycles. The van der Waals surface area contributed by atoms with Crippen molar-refractivity contribution >= 4 is 21.4 Å². The lowest BCUT2D eigenvalue weighted by Crippen LogP contribution is -2.27. The first kappa shape index (κ1) is 15.2. The second kappa shape index (κ2) is 5.65. The summed E-state index contributed by atoms with van der Waals surface area (Å²) in [6.45, 7) is 1.85. The summed E-state index contributed by atoms with van der Waals surface area (Å²) in [5.41, 5.74) is 0.793. The number of rotatable bonds is 5. The van der Waals surface area contributed by atoms with Gasteiger partial charge in [0.25, 0.3) is 10.0 Å². The van der Waals surface area contributed by atoms with Crippen LogP contribution in [0.1, 0.15) is 16.3 Å². The number of nitrogens with zero attached hydrogens (tertiary/aromatic N) is 3. The van der Waals surface area contributed by atoms with Crippen molar-refractivity contribution in [3.8, 4) is 0 Å². The quantitative estimate of drug-likeness (QED) is 0.896. The van der Waals surface area contributed by atoms with Gasteiger partial charge < -0.3 is 9.67 Å². The molecule has 110 valence electrons. The highest BCUT2D eigenvalue weighted by Crippen LogP contribution is 2.28. The zero-order valence-corrected chi connectivity index (χ0v) is 13.2. The molecule has 0 fully saturated rings. The molecule has 2 rings (SSSR count). The number of aromatic nitrogens is 2. The molecule has 8 heteroatoms. The van der Waals surface area contributed by atoms with E-state index in [0.29, 0.717) is 10.7 Å². The van der Waals surface area contributed by atoms with E-state index in [-0.39, 0.29) is 17.4 Å². The molecule has 0 radical (unpaired) electrons. The maximum absolute atomic E-state index is 12.5. The summed E-state index contributed by atoms with van der Waals surface area (Å²) in [5.74, 6) is 0.673. The SMILES string of the molecule is Cc1cc(S(=O)(=O)N(C)Cc2nccn2C)sc1CO. The molecule has 2 aromatic rings. The number of hydrogen-bond acceptors (Lipinski definition) is 5. The van der Waals surface area contributed by atoms with Gasteiger partial charge in [-0.1, -0.05) is 0 Å². The first-order valence-corrected chi connectivity index (χ1v) is 8.24. The molecule has 1 N–H and O–H groups in total. The molecule has 0 unspecified atom stereocenters. The zero-order chi connectivity index (χ0) is 14.9. The molecule has 2 heterocycles. The van der Waals surface area contributed by atoms with E-state index < -0.39 is 10.0 Å². The van der Waals surface area contributed by atoms with Crippen molar-refractivity contribution in [1.29, 1.82) is 0 Å². The van der Waals surface area contributed by atoms with Crippen molar-refractivity contribution < 1.29 is 13.5 Å². The summed E-state index contributed by atoms with van der Waals surface area (Å²) in [4.78, 5) is 4.80. The van der Waals surface area contributed by atoms with Gasteiger partial charge >= 0.3 is 0 Å². The highest BCUT2D eigenvalue weighted by atomic mass is 32.2. The van der Waals surface area contributed by atoms with Crippen molar-refractivity contribution in [2.45, 2.75) is 24.3 Å². The lowest BCUT2D eigenvalue weighted by Gasteiger charge is -2.15. The third kappa shape index (κ3) is 2.78. The number of aryl methyl sites for hydroxylation is 2. The van der Waals surface area contributed by atoms with E-state index in [4.69, 9.17) is 5.11 Å². The monoisotopic (exact) mass is 315 g/mol. The standard InChI is InChI=1S/C12H17N3O3S2/c1-9-6-12(19-10(9)8-16)20(17,18)15(3)7-11-13-4-5-14(11)2/h4-6,16H,7-8H2,1-3H3. The molecule has 20 heavy (non-hydrogen) atoms. The van der Waals surface area contributed by atoms with Crippen molar-refractivity contribution in [3.05, 3.63) is 34.7 Å². The van der Waals surface area contributed by atoms with E-state index in [9.17, 15) is 8.42 Å². The van der Waals surface area contributed by atoms with Gasteiger partial charge in [-0.05, 0) is 18.6 Å². The van der Waals surface area contributed by atoms with Gasteiger partial charge in [-0.3, -0.25) is 0 Å². The van der Waals surface area contributed by atoms with Gasteiger partial charge in [0.05, 0.1) is 13.2 Å². The Morgan fingerprint density at radius 3 is 2.70 bits per heavy atom. The van der Waals surface area contributed by atoms with Crippen LogP contribution in [0.5, 0.6) is 0 Å². The maximum atomic E-state index is 12.5. The molecule has 0 saturated carbocycles. The normalized spacial score (nSPS) is 12.2. The minimum atomic E-state index is -3.56. The summed E-state index contributed by atoms with van der Waals surface area (Å²) >= 11 is 1.10. The molecule has 0 bridgehead atoms. The average molecular weight is 315 g/mol. The summed E-state index contributed by atoms with van der Waals surface area (Å²) < 4.78 is 28.2. The van der Waals surface area contributed by atoms with Crippen molar-refractivity contribution in [3.63, 3.8) is 0 Å². The third-order valence-electron chi connectivity index (χ3n) is 3.09. The summed E-state index contributed by atoms with van der Waals surface area (Å²) in [6.07, 6.45) is 3.41. The average Bonchev–Trinajstić information content (AvgIpc) is 2.96. The number of sulfonamides is 1. The number of aliphatic hydroxyl groups is 1. The van der Waals surface area contributed by atoms with Crippen LogP contribution in [0.4, 0.5) is 0 Å². The second-order valence-corrected chi connectivity index (χ2v) is 7.95. The van der Waals surface area contributed by atoms with Gasteiger partial charge in [0, 0.05) is 31.4 Å². The van der Waals surface area contributed by atoms with Crippen LogP contribution in [0.15, 0.2) is 22.7 Å². The summed E-state index contributed by atoms with van der Waals surface area (Å²) in [5, 5.41) is 9.17. The molecule has 0 aliphatic carbocycles. The van der Waals surface area contributed by atoms with Crippen LogP contribution in [0, 0.1) is 6.92 Å². The smallest absolute Gasteiger partial charge is 0.252 e. The first-order valence-electron chi connectivity index (χ1n) is 5.99. The van der Waals surface area contributed by atoms with E-state index in [1.807, 2.05) is 7.05 Å². The number of hydrogen-bond donors (Lipinski definition) is 1. The van der Waals surface area contributed by atoms with Crippen LogP contribution in [0.25, 0.3) is 0 Å². The molecule has 6 nitrogen and oxygen atoms in total. The molecular weight excluding hydrogens is 298 g/mol. The second-order valence-electron chi connectivity index (χ2n) is 4.55. The van der Waals surface area contributed by atoms with Crippen LogP contribution in [0.2, 0.25) is 0 Å². The number of thiophene rings is 1. The van der Waals surface area contributed by atoms with Crippen molar-refractivity contribution in [2.75, 3.05) is 7.05 Å². The summed E-state index contributed by atoms with van der Waals surface area (Å²) in [7, 11) is -0.209. The number of aliphatic hydroxyl groups excluding tert-OH is 1. The Hall–Kier alpha value is -1.22. The van der Waals surface area contributed by atoms with Gasteiger partial charge in [-0.15, -0.1) is 11.3 Å². The maximum Gasteiger partial charge on any atom is 0.252 e. The molecule has 0 aliphatic rings. The van der Waals surface area contributed by atoms with E-state index in [0.717, 1.165) is 16.9 Å². The van der Waals surface area contributed by atoms with Gasteiger partial charge in [0.2, 0.25) is 0 Å². The Balaban J connectivity index is 2.27. The van der Waals surface area contributed by atoms with Crippen LogP contribution < -0.4 is 0 Å². The predicted octanol–water partition coefficient (Wildman–Crippen LogP) is 1.10. The lowest BCUT2D eigenvalue weighted by molar-refractivity contribution is 0.285. The Bertz CT molecular complexity index is 703. The molecule has 0 aromatic carbocycles. The Morgan fingerprint density at radius 1 is 1.50 bits per heavy atom. The lowest BCUT2D eigenvalue weighted by atomic mass is 10.3. The van der Waals surface area contributed by atoms with Crippen LogP contribution in [-0.2, 0) is 30.2 Å². The van der Waals surface area contributed by atoms with Crippen molar-refractivity contribution in [1.82, 2.24) is 13.9 Å². The van der Waals surface area contributed by atoms with Gasteiger partial charge in [0.1, 0.15) is 10.0 Å². The van der Waals surface area contributed by atoms with E-state index in [1.165, 1.54) is 11.4 Å². The zero-order valence-electron chi connectivity index (χ0n) is 11.6. The molecule has 0 amide bonds. The molecule has 0 spiro atoms. The van der Waals surface area contributed by atoms with Gasteiger partial charge in [-0.2, -0.15) is 4.31 Å². The van der Waals surface area contributed by atoms with E-state index >= 15 is 0 Å². The molecular formula is C12H17N3O3S2. The van der Waals surface area contributed by atoms with E-state index in [2.05, 4.69) is 4.98 Å². The van der Waals surface area contributed by atoms with Crippen LogP contribution >= 0.6 is 11.3 Å². The Kier molecular flexibility index (Phi) is 4.28. The highest BCUT2D eigenvalue weighted by molar-refractivity contribution is 7.91. The topological polar surface area (TPSA) is 75.4 Å². The van der Waals surface area contributed by atoms with Crippen LogP contribution in [-0.4, -0.2) is 34.4 Å². The number of imidazole rings is 1. The Labute approximate surface area is 122 Å². The Morgan fingerprint density at radius 2 is 2.20 bits per heavy atom. The van der Waals surface area contributed by atoms with Crippen LogP contribution in [0.3, 0.4) is 0 Å². The minimum Gasteiger partial charge on any atom is -0.391 e. The molecule has 0 aliphatic heterocycles. The first-order chi connectivity index (χ1) is 9.36. The minimum absolute atomic E-state index is 0.144. The fourth-order valence-electron chi connectivity index (χ4n) is 1.76. The van der Waals surface area contributed by atoms with Gasteiger partial charge in [0.15, 0.2) is 0 Å². The molecule has 0 saturated heterocycles. The largest absolute Gasteiger partial charge is 0.391 e. The van der Waals surface area contributed by atoms with Gasteiger partial charge in [-0.25, -0.2) is 13.4 Å². The summed E-state index contributed by atoms with van der Waals surface area (Å²) in [6, 6.07) is 1.60. The van der Waals surface area contributed by atoms with Crippen molar-refractivity contribution in [2.24, 2.45) is 7.05 Å².